The minimum absolute atomic E-state index is 0.0233. The lowest BCUT2D eigenvalue weighted by molar-refractivity contribution is 0.0881. The van der Waals surface area contributed by atoms with Gasteiger partial charge in [0.1, 0.15) is 0 Å². The quantitative estimate of drug-likeness (QED) is 0.659. The van der Waals surface area contributed by atoms with Crippen LogP contribution in [0.2, 0.25) is 0 Å². The zero-order valence-electron chi connectivity index (χ0n) is 12.9. The van der Waals surface area contributed by atoms with Crippen LogP contribution in [0.3, 0.4) is 0 Å². The molecular weight excluding hydrogens is 256 g/mol. The monoisotopic (exact) mass is 282 g/mol. The molecule has 0 saturated carbocycles. The molecule has 1 amide bonds. The number of nitrogen functional groups attached to an aromatic ring is 1. The molecule has 1 aromatic heterocycles. The second-order valence-corrected chi connectivity index (χ2v) is 6.46. The first kappa shape index (κ1) is 16.5. The fraction of sp³-hybridized carbons (Fsp3) is 0.714. The lowest BCUT2D eigenvalue weighted by atomic mass is 9.85. The minimum atomic E-state index is -0.306. The topological polar surface area (TPSA) is 104 Å². The molecule has 0 radical (unpaired) electrons. The molecule has 0 aliphatic rings. The van der Waals surface area contributed by atoms with Crippen LogP contribution in [0.4, 0.5) is 5.69 Å². The molecule has 5 N–H and O–H groups in total. The van der Waals surface area contributed by atoms with Crippen molar-refractivity contribution in [1.82, 2.24) is 15.5 Å². The summed E-state index contributed by atoms with van der Waals surface area (Å²) in [5, 5.41) is 18.8. The molecule has 0 aliphatic carbocycles. The van der Waals surface area contributed by atoms with Gasteiger partial charge in [0.15, 0.2) is 5.69 Å². The maximum atomic E-state index is 12.3. The van der Waals surface area contributed by atoms with Gasteiger partial charge in [0.05, 0.1) is 11.4 Å². The van der Waals surface area contributed by atoms with Gasteiger partial charge in [-0.3, -0.25) is 9.89 Å². The van der Waals surface area contributed by atoms with E-state index in [-0.39, 0.29) is 35.6 Å². The van der Waals surface area contributed by atoms with Gasteiger partial charge in [0, 0.05) is 12.6 Å². The van der Waals surface area contributed by atoms with Gasteiger partial charge >= 0.3 is 0 Å². The highest BCUT2D eigenvalue weighted by atomic mass is 16.3. The summed E-state index contributed by atoms with van der Waals surface area (Å²) >= 11 is 0. The summed E-state index contributed by atoms with van der Waals surface area (Å²) in [5.41, 5.74) is 7.20. The van der Waals surface area contributed by atoms with Crippen LogP contribution in [-0.2, 0) is 0 Å². The standard InChI is InChI=1S/C14H26N4O2/c1-8(2)11-10(15)12(18-17-11)13(20)16-9(6-7-19)14(3,4)5/h8-9,19H,6-7,15H2,1-5H3,(H,16,20)(H,17,18). The molecule has 20 heavy (non-hydrogen) atoms. The Hall–Kier alpha value is -1.56. The van der Waals surface area contributed by atoms with Crippen molar-refractivity contribution in [2.24, 2.45) is 5.41 Å². The fourth-order valence-electron chi connectivity index (χ4n) is 2.05. The van der Waals surface area contributed by atoms with Crippen molar-refractivity contribution in [3.63, 3.8) is 0 Å². The molecule has 0 saturated heterocycles. The Kier molecular flexibility index (Phi) is 5.16. The van der Waals surface area contributed by atoms with Crippen molar-refractivity contribution in [3.05, 3.63) is 11.4 Å². The number of rotatable bonds is 5. The van der Waals surface area contributed by atoms with E-state index in [9.17, 15) is 4.79 Å². The van der Waals surface area contributed by atoms with Crippen LogP contribution in [-0.4, -0.2) is 33.9 Å². The smallest absolute Gasteiger partial charge is 0.274 e. The van der Waals surface area contributed by atoms with Crippen LogP contribution in [0.25, 0.3) is 0 Å². The molecule has 1 heterocycles. The van der Waals surface area contributed by atoms with Gasteiger partial charge in [-0.15, -0.1) is 0 Å². The summed E-state index contributed by atoms with van der Waals surface area (Å²) < 4.78 is 0. The van der Waals surface area contributed by atoms with Crippen LogP contribution in [0.15, 0.2) is 0 Å². The van der Waals surface area contributed by atoms with E-state index in [1.807, 2.05) is 34.6 Å². The Balaban J connectivity index is 2.90. The van der Waals surface area contributed by atoms with E-state index in [0.717, 1.165) is 5.69 Å². The van der Waals surface area contributed by atoms with Crippen molar-refractivity contribution < 1.29 is 9.90 Å². The number of nitrogens with zero attached hydrogens (tertiary/aromatic N) is 1. The Morgan fingerprint density at radius 1 is 1.45 bits per heavy atom. The molecule has 0 fully saturated rings. The number of hydrogen-bond donors (Lipinski definition) is 4. The molecule has 1 rings (SSSR count). The van der Waals surface area contributed by atoms with Crippen LogP contribution in [0, 0.1) is 5.41 Å². The highest BCUT2D eigenvalue weighted by molar-refractivity contribution is 5.97. The average Bonchev–Trinajstić information content (AvgIpc) is 2.69. The fourth-order valence-corrected chi connectivity index (χ4v) is 2.05. The van der Waals surface area contributed by atoms with Crippen LogP contribution in [0.5, 0.6) is 0 Å². The van der Waals surface area contributed by atoms with Crippen molar-refractivity contribution in [2.45, 2.75) is 53.0 Å². The summed E-state index contributed by atoms with van der Waals surface area (Å²) in [6.45, 7) is 10.0. The van der Waals surface area contributed by atoms with Gasteiger partial charge in [-0.2, -0.15) is 5.10 Å². The number of hydrogen-bond acceptors (Lipinski definition) is 4. The number of nitrogens with one attached hydrogen (secondary N) is 2. The summed E-state index contributed by atoms with van der Waals surface area (Å²) in [4.78, 5) is 12.3. The first-order valence-corrected chi connectivity index (χ1v) is 6.94. The Morgan fingerprint density at radius 2 is 2.05 bits per heavy atom. The maximum absolute atomic E-state index is 12.3. The normalized spacial score (nSPS) is 13.6. The zero-order valence-corrected chi connectivity index (χ0v) is 12.9. The molecular formula is C14H26N4O2. The highest BCUT2D eigenvalue weighted by Crippen LogP contribution is 2.24. The van der Waals surface area contributed by atoms with E-state index in [1.54, 1.807) is 0 Å². The van der Waals surface area contributed by atoms with Crippen molar-refractivity contribution >= 4 is 11.6 Å². The second-order valence-electron chi connectivity index (χ2n) is 6.46. The Morgan fingerprint density at radius 3 is 2.45 bits per heavy atom. The minimum Gasteiger partial charge on any atom is -0.396 e. The second kappa shape index (κ2) is 6.26. The largest absolute Gasteiger partial charge is 0.396 e. The molecule has 0 aromatic carbocycles. The zero-order chi connectivity index (χ0) is 15.5. The lowest BCUT2D eigenvalue weighted by Gasteiger charge is -2.30. The van der Waals surface area contributed by atoms with E-state index in [2.05, 4.69) is 15.5 Å². The Bertz CT molecular complexity index is 460. The van der Waals surface area contributed by atoms with Crippen LogP contribution in [0.1, 0.15) is 63.1 Å². The number of aromatic amines is 1. The molecule has 6 nitrogen and oxygen atoms in total. The molecule has 0 bridgehead atoms. The third kappa shape index (κ3) is 3.72. The number of carbonyl (C=O) groups is 1. The SMILES string of the molecule is CC(C)c1[nH]nc(C(=O)NC(CCO)C(C)(C)C)c1N. The maximum Gasteiger partial charge on any atom is 0.274 e. The predicted octanol–water partition coefficient (Wildman–Crippen LogP) is 1.64. The van der Waals surface area contributed by atoms with E-state index >= 15 is 0 Å². The third-order valence-corrected chi connectivity index (χ3v) is 3.39. The van der Waals surface area contributed by atoms with E-state index in [1.165, 1.54) is 0 Å². The molecule has 1 atom stereocenters. The third-order valence-electron chi connectivity index (χ3n) is 3.39. The summed E-state index contributed by atoms with van der Waals surface area (Å²) in [5.74, 6) is -0.126. The van der Waals surface area contributed by atoms with Crippen LogP contribution >= 0.6 is 0 Å². The van der Waals surface area contributed by atoms with Gasteiger partial charge < -0.3 is 16.2 Å². The van der Waals surface area contributed by atoms with Gasteiger partial charge in [-0.25, -0.2) is 0 Å². The molecule has 1 unspecified atom stereocenters. The average molecular weight is 282 g/mol. The predicted molar refractivity (Wildman–Crippen MR) is 79.5 cm³/mol. The van der Waals surface area contributed by atoms with Crippen molar-refractivity contribution in [2.75, 3.05) is 12.3 Å². The van der Waals surface area contributed by atoms with E-state index in [4.69, 9.17) is 10.8 Å². The van der Waals surface area contributed by atoms with Crippen LogP contribution < -0.4 is 11.1 Å². The first-order chi connectivity index (χ1) is 9.18. The molecule has 0 aliphatic heterocycles. The van der Waals surface area contributed by atoms with Gasteiger partial charge in [-0.1, -0.05) is 34.6 Å². The number of aromatic nitrogens is 2. The summed E-state index contributed by atoms with van der Waals surface area (Å²) in [6.07, 6.45) is 0.497. The number of H-pyrrole nitrogens is 1. The van der Waals surface area contributed by atoms with E-state index < -0.39 is 0 Å². The number of carbonyl (C=O) groups excluding carboxylic acids is 1. The summed E-state index contributed by atoms with van der Waals surface area (Å²) in [7, 11) is 0. The van der Waals surface area contributed by atoms with Crippen molar-refractivity contribution in [1.29, 1.82) is 0 Å². The lowest BCUT2D eigenvalue weighted by Crippen LogP contribution is -2.44. The van der Waals surface area contributed by atoms with E-state index in [0.29, 0.717) is 12.1 Å². The Labute approximate surface area is 120 Å². The molecule has 1 aromatic rings. The number of nitrogens with two attached hydrogens (primary N) is 1. The number of aliphatic hydroxyl groups is 1. The van der Waals surface area contributed by atoms with Gasteiger partial charge in [0.25, 0.3) is 5.91 Å². The number of aliphatic hydroxyl groups excluding tert-OH is 1. The first-order valence-electron chi connectivity index (χ1n) is 6.94. The number of amides is 1. The van der Waals surface area contributed by atoms with Gasteiger partial charge in [0.2, 0.25) is 0 Å². The molecule has 114 valence electrons. The van der Waals surface area contributed by atoms with Gasteiger partial charge in [-0.05, 0) is 17.8 Å². The molecule has 6 heteroatoms. The number of anilines is 1. The summed E-state index contributed by atoms with van der Waals surface area (Å²) in [6, 6.07) is -0.140. The highest BCUT2D eigenvalue weighted by Gasteiger charge is 2.28. The molecule has 0 spiro atoms. The van der Waals surface area contributed by atoms with Crippen molar-refractivity contribution in [3.8, 4) is 0 Å².